The molecule has 0 bridgehead atoms. The first-order valence-electron chi connectivity index (χ1n) is 6.98. The number of nitrogens with zero attached hydrogens (tertiary/aromatic N) is 4. The van der Waals surface area contributed by atoms with Crippen LogP contribution in [0.4, 0.5) is 5.82 Å². The maximum Gasteiger partial charge on any atom is 0.180 e. The van der Waals surface area contributed by atoms with E-state index in [-0.39, 0.29) is 0 Å². The Balaban J connectivity index is 1.58. The van der Waals surface area contributed by atoms with Gasteiger partial charge in [-0.05, 0) is 37.9 Å². The number of pyridine rings is 1. The maximum atomic E-state index is 4.55. The summed E-state index contributed by atoms with van der Waals surface area (Å²) in [6, 6.07) is 5.22. The van der Waals surface area contributed by atoms with Crippen molar-refractivity contribution in [1.82, 2.24) is 19.9 Å². The summed E-state index contributed by atoms with van der Waals surface area (Å²) < 4.78 is 0. The summed E-state index contributed by atoms with van der Waals surface area (Å²) in [5.41, 5.74) is 1.57. The van der Waals surface area contributed by atoms with Crippen LogP contribution in [0, 0.1) is 0 Å². The number of hydrogen-bond donors (Lipinski definition) is 1. The molecule has 2 atom stereocenters. The van der Waals surface area contributed by atoms with Crippen LogP contribution in [-0.2, 0) is 0 Å². The van der Waals surface area contributed by atoms with Crippen LogP contribution in [-0.4, -0.2) is 45.0 Å². The molecular formula is C14H17N5. The van der Waals surface area contributed by atoms with Gasteiger partial charge in [-0.15, -0.1) is 0 Å². The minimum atomic E-state index is 0.532. The highest BCUT2D eigenvalue weighted by atomic mass is 15.2. The van der Waals surface area contributed by atoms with E-state index in [0.29, 0.717) is 17.7 Å². The average molecular weight is 255 g/mol. The molecule has 0 aliphatic carbocycles. The highest BCUT2D eigenvalue weighted by molar-refractivity contribution is 5.71. The molecule has 0 aromatic carbocycles. The van der Waals surface area contributed by atoms with Crippen LogP contribution in [0.3, 0.4) is 0 Å². The summed E-state index contributed by atoms with van der Waals surface area (Å²) in [7, 11) is 0. The van der Waals surface area contributed by atoms with Crippen molar-refractivity contribution in [3.63, 3.8) is 0 Å². The Morgan fingerprint density at radius 3 is 3.05 bits per heavy atom. The molecule has 98 valence electrons. The normalized spacial score (nSPS) is 26.7. The van der Waals surface area contributed by atoms with Crippen LogP contribution in [0.5, 0.6) is 0 Å². The highest BCUT2D eigenvalue weighted by Gasteiger charge is 2.37. The SMILES string of the molecule is c1cnc2nc(NC3CCN4CCCC34)ccc2n1. The van der Waals surface area contributed by atoms with Crippen molar-refractivity contribution < 1.29 is 0 Å². The van der Waals surface area contributed by atoms with E-state index in [1.807, 2.05) is 12.1 Å². The van der Waals surface area contributed by atoms with Crippen molar-refractivity contribution in [3.8, 4) is 0 Å². The van der Waals surface area contributed by atoms with Gasteiger partial charge in [0.25, 0.3) is 0 Å². The summed E-state index contributed by atoms with van der Waals surface area (Å²) in [5.74, 6) is 0.923. The first-order chi connectivity index (χ1) is 9.40. The molecule has 0 saturated carbocycles. The van der Waals surface area contributed by atoms with E-state index >= 15 is 0 Å². The van der Waals surface area contributed by atoms with E-state index in [4.69, 9.17) is 0 Å². The van der Waals surface area contributed by atoms with Crippen molar-refractivity contribution >= 4 is 17.0 Å². The van der Waals surface area contributed by atoms with Gasteiger partial charge < -0.3 is 5.32 Å². The Morgan fingerprint density at radius 1 is 1.11 bits per heavy atom. The molecule has 2 unspecified atom stereocenters. The van der Waals surface area contributed by atoms with Gasteiger partial charge in [0, 0.05) is 31.0 Å². The molecule has 5 heteroatoms. The van der Waals surface area contributed by atoms with Gasteiger partial charge in [0.15, 0.2) is 5.65 Å². The van der Waals surface area contributed by atoms with Gasteiger partial charge in [0.1, 0.15) is 11.3 Å². The smallest absolute Gasteiger partial charge is 0.180 e. The summed E-state index contributed by atoms with van der Waals surface area (Å²) in [5, 5.41) is 3.58. The predicted molar refractivity (Wildman–Crippen MR) is 74.0 cm³/mol. The fourth-order valence-corrected chi connectivity index (χ4v) is 3.38. The van der Waals surface area contributed by atoms with E-state index in [9.17, 15) is 0 Å². The lowest BCUT2D eigenvalue weighted by Crippen LogP contribution is -2.33. The minimum Gasteiger partial charge on any atom is -0.366 e. The van der Waals surface area contributed by atoms with Crippen LogP contribution in [0.25, 0.3) is 11.2 Å². The van der Waals surface area contributed by atoms with E-state index in [1.165, 1.54) is 32.4 Å². The molecule has 5 nitrogen and oxygen atoms in total. The molecule has 4 rings (SSSR count). The molecule has 0 spiro atoms. The number of fused-ring (bicyclic) bond motifs is 2. The number of anilines is 1. The first kappa shape index (κ1) is 11.1. The van der Waals surface area contributed by atoms with Crippen molar-refractivity contribution in [1.29, 1.82) is 0 Å². The molecule has 2 aliphatic rings. The second-order valence-corrected chi connectivity index (χ2v) is 5.38. The maximum absolute atomic E-state index is 4.55. The van der Waals surface area contributed by atoms with Crippen LogP contribution in [0.15, 0.2) is 24.5 Å². The molecular weight excluding hydrogens is 238 g/mol. The third-order valence-corrected chi connectivity index (χ3v) is 4.27. The fraction of sp³-hybridized carbons (Fsp3) is 0.500. The Kier molecular flexibility index (Phi) is 2.58. The molecule has 2 aromatic rings. The lowest BCUT2D eigenvalue weighted by atomic mass is 10.1. The second kappa shape index (κ2) is 4.42. The molecule has 2 fully saturated rings. The number of rotatable bonds is 2. The van der Waals surface area contributed by atoms with Gasteiger partial charge in [0.05, 0.1) is 0 Å². The number of aromatic nitrogens is 3. The zero-order valence-electron chi connectivity index (χ0n) is 10.8. The number of hydrogen-bond acceptors (Lipinski definition) is 5. The molecule has 2 aliphatic heterocycles. The van der Waals surface area contributed by atoms with Crippen LogP contribution < -0.4 is 5.32 Å². The average Bonchev–Trinajstić information content (AvgIpc) is 3.04. The monoisotopic (exact) mass is 255 g/mol. The van der Waals surface area contributed by atoms with Gasteiger partial charge in [0.2, 0.25) is 0 Å². The first-order valence-corrected chi connectivity index (χ1v) is 6.98. The Bertz CT molecular complexity index is 599. The summed E-state index contributed by atoms with van der Waals surface area (Å²) in [6.45, 7) is 2.48. The molecule has 0 radical (unpaired) electrons. The van der Waals surface area contributed by atoms with Gasteiger partial charge in [-0.2, -0.15) is 0 Å². The zero-order valence-corrected chi connectivity index (χ0v) is 10.8. The van der Waals surface area contributed by atoms with E-state index in [1.54, 1.807) is 12.4 Å². The van der Waals surface area contributed by atoms with Gasteiger partial charge >= 0.3 is 0 Å². The second-order valence-electron chi connectivity index (χ2n) is 5.38. The Labute approximate surface area is 112 Å². The minimum absolute atomic E-state index is 0.532. The lowest BCUT2D eigenvalue weighted by molar-refractivity contribution is 0.318. The quantitative estimate of drug-likeness (QED) is 0.884. The van der Waals surface area contributed by atoms with E-state index in [2.05, 4.69) is 25.2 Å². The van der Waals surface area contributed by atoms with Gasteiger partial charge in [-0.25, -0.2) is 9.97 Å². The Hall–Kier alpha value is -1.75. The summed E-state index contributed by atoms with van der Waals surface area (Å²) in [4.78, 5) is 15.7. The highest BCUT2D eigenvalue weighted by Crippen LogP contribution is 2.29. The van der Waals surface area contributed by atoms with Crippen LogP contribution >= 0.6 is 0 Å². The van der Waals surface area contributed by atoms with Crippen molar-refractivity contribution in [2.24, 2.45) is 0 Å². The predicted octanol–water partition coefficient (Wildman–Crippen LogP) is 1.67. The molecule has 2 aromatic heterocycles. The fourth-order valence-electron chi connectivity index (χ4n) is 3.38. The molecule has 4 heterocycles. The van der Waals surface area contributed by atoms with Crippen molar-refractivity contribution in [2.45, 2.75) is 31.3 Å². The third kappa shape index (κ3) is 1.94. The van der Waals surface area contributed by atoms with Crippen molar-refractivity contribution in [2.75, 3.05) is 18.4 Å². The summed E-state index contributed by atoms with van der Waals surface area (Å²) >= 11 is 0. The van der Waals surface area contributed by atoms with Crippen LogP contribution in [0.2, 0.25) is 0 Å². The van der Waals surface area contributed by atoms with Crippen LogP contribution in [0.1, 0.15) is 19.3 Å². The van der Waals surface area contributed by atoms with E-state index < -0.39 is 0 Å². The molecule has 19 heavy (non-hydrogen) atoms. The van der Waals surface area contributed by atoms with E-state index in [0.717, 1.165) is 11.3 Å². The van der Waals surface area contributed by atoms with Crippen molar-refractivity contribution in [3.05, 3.63) is 24.5 Å². The summed E-state index contributed by atoms with van der Waals surface area (Å²) in [6.07, 6.45) is 7.24. The lowest BCUT2D eigenvalue weighted by Gasteiger charge is -2.21. The third-order valence-electron chi connectivity index (χ3n) is 4.27. The Morgan fingerprint density at radius 2 is 2.05 bits per heavy atom. The van der Waals surface area contributed by atoms with Gasteiger partial charge in [-0.1, -0.05) is 0 Å². The largest absolute Gasteiger partial charge is 0.366 e. The molecule has 1 N–H and O–H groups in total. The molecule has 2 saturated heterocycles. The topological polar surface area (TPSA) is 53.9 Å². The molecule has 0 amide bonds. The zero-order chi connectivity index (χ0) is 12.7. The number of nitrogens with one attached hydrogen (secondary N) is 1. The standard InChI is InChI=1S/C14H17N5/c1-2-12-10(5-9-19(12)8-1)17-13-4-3-11-14(18-13)16-7-6-15-11/h3-4,6-7,10,12H,1-2,5,8-9H2,(H,16,17,18). The van der Waals surface area contributed by atoms with Gasteiger partial charge in [-0.3, -0.25) is 9.88 Å².